The molecule has 3 heteroatoms. The fourth-order valence-corrected chi connectivity index (χ4v) is 1.74. The van der Waals surface area contributed by atoms with Gasteiger partial charge < -0.3 is 15.7 Å². The second-order valence-corrected chi connectivity index (χ2v) is 3.98. The normalized spacial score (nSPS) is 26.8. The summed E-state index contributed by atoms with van der Waals surface area (Å²) in [6.45, 7) is 2.58. The van der Waals surface area contributed by atoms with Crippen molar-refractivity contribution in [3.63, 3.8) is 0 Å². The van der Waals surface area contributed by atoms with Crippen molar-refractivity contribution in [2.75, 3.05) is 19.7 Å². The van der Waals surface area contributed by atoms with Crippen molar-refractivity contribution in [3.05, 3.63) is 0 Å². The van der Waals surface area contributed by atoms with Crippen LogP contribution >= 0.6 is 0 Å². The van der Waals surface area contributed by atoms with Gasteiger partial charge in [-0.3, -0.25) is 0 Å². The molecule has 0 unspecified atom stereocenters. The Morgan fingerprint density at radius 2 is 2.17 bits per heavy atom. The highest BCUT2D eigenvalue weighted by atomic mass is 16.3. The molecule has 1 saturated heterocycles. The summed E-state index contributed by atoms with van der Waals surface area (Å²) in [5.74, 6) is 0.762. The number of hydrogen-bond donors (Lipinski definition) is 3. The molecule has 0 aromatic heterocycles. The van der Waals surface area contributed by atoms with E-state index in [1.54, 1.807) is 0 Å². The van der Waals surface area contributed by atoms with E-state index in [2.05, 4.69) is 10.6 Å². The molecule has 1 aliphatic heterocycles. The van der Waals surface area contributed by atoms with E-state index in [9.17, 15) is 0 Å². The van der Waals surface area contributed by atoms with Crippen LogP contribution in [0.1, 0.15) is 19.3 Å². The van der Waals surface area contributed by atoms with E-state index in [1.807, 2.05) is 0 Å². The van der Waals surface area contributed by atoms with E-state index >= 15 is 0 Å². The maximum atomic E-state index is 8.88. The van der Waals surface area contributed by atoms with Crippen LogP contribution in [0.15, 0.2) is 0 Å². The molecule has 70 valence electrons. The lowest BCUT2D eigenvalue weighted by molar-refractivity contribution is 0.197. The molecule has 0 radical (unpaired) electrons. The maximum absolute atomic E-state index is 8.88. The van der Waals surface area contributed by atoms with E-state index in [4.69, 9.17) is 5.11 Å². The van der Waals surface area contributed by atoms with Crippen molar-refractivity contribution in [1.29, 1.82) is 0 Å². The summed E-state index contributed by atoms with van der Waals surface area (Å²) in [7, 11) is 0. The first kappa shape index (κ1) is 8.48. The lowest BCUT2D eigenvalue weighted by Crippen LogP contribution is -2.54. The Morgan fingerprint density at radius 1 is 1.42 bits per heavy atom. The summed E-state index contributed by atoms with van der Waals surface area (Å²) in [5.41, 5.74) is 0. The monoisotopic (exact) mass is 170 g/mol. The summed E-state index contributed by atoms with van der Waals surface area (Å²) in [6, 6.07) is 1.32. The average Bonchev–Trinajstić information content (AvgIpc) is 2.68. The van der Waals surface area contributed by atoms with Crippen molar-refractivity contribution in [3.8, 4) is 0 Å². The molecule has 1 heterocycles. The van der Waals surface area contributed by atoms with Crippen LogP contribution in [0.4, 0.5) is 0 Å². The summed E-state index contributed by atoms with van der Waals surface area (Å²) < 4.78 is 0. The summed E-state index contributed by atoms with van der Waals surface area (Å²) in [6.07, 6.45) is 3.59. The SMILES string of the molecule is OCC[C@H](NC1CC1)C1CNC1. The van der Waals surface area contributed by atoms with Crippen molar-refractivity contribution >= 4 is 0 Å². The van der Waals surface area contributed by atoms with Gasteiger partial charge in [-0.1, -0.05) is 0 Å². The Morgan fingerprint density at radius 3 is 2.58 bits per heavy atom. The minimum absolute atomic E-state index is 0.320. The second-order valence-electron chi connectivity index (χ2n) is 3.98. The Kier molecular flexibility index (Phi) is 2.63. The van der Waals surface area contributed by atoms with Gasteiger partial charge in [0, 0.05) is 31.8 Å². The van der Waals surface area contributed by atoms with Gasteiger partial charge in [0.2, 0.25) is 0 Å². The van der Waals surface area contributed by atoms with E-state index in [1.165, 1.54) is 12.8 Å². The lowest BCUT2D eigenvalue weighted by Gasteiger charge is -2.35. The molecule has 0 aromatic rings. The Labute approximate surface area is 73.5 Å². The molecule has 0 spiro atoms. The van der Waals surface area contributed by atoms with Gasteiger partial charge >= 0.3 is 0 Å². The molecular formula is C9H18N2O. The second kappa shape index (κ2) is 3.73. The highest BCUT2D eigenvalue weighted by molar-refractivity contribution is 4.91. The van der Waals surface area contributed by atoms with Crippen molar-refractivity contribution in [2.24, 2.45) is 5.92 Å². The topological polar surface area (TPSA) is 44.3 Å². The van der Waals surface area contributed by atoms with Crippen LogP contribution in [-0.4, -0.2) is 36.9 Å². The highest BCUT2D eigenvalue weighted by Crippen LogP contribution is 2.23. The minimum Gasteiger partial charge on any atom is -0.396 e. The zero-order valence-electron chi connectivity index (χ0n) is 7.42. The largest absolute Gasteiger partial charge is 0.396 e. The van der Waals surface area contributed by atoms with Gasteiger partial charge in [0.15, 0.2) is 0 Å². The van der Waals surface area contributed by atoms with Crippen LogP contribution < -0.4 is 10.6 Å². The standard InChI is InChI=1S/C9H18N2O/c12-4-3-9(7-5-10-6-7)11-8-1-2-8/h7-12H,1-6H2/t9-/m0/s1. The van der Waals surface area contributed by atoms with Gasteiger partial charge in [0.05, 0.1) is 0 Å². The smallest absolute Gasteiger partial charge is 0.0445 e. The van der Waals surface area contributed by atoms with Crippen LogP contribution in [-0.2, 0) is 0 Å². The van der Waals surface area contributed by atoms with E-state index in [-0.39, 0.29) is 0 Å². The number of aliphatic hydroxyl groups is 1. The molecule has 1 aliphatic carbocycles. The van der Waals surface area contributed by atoms with E-state index < -0.39 is 0 Å². The quantitative estimate of drug-likeness (QED) is 0.531. The molecule has 12 heavy (non-hydrogen) atoms. The molecule has 0 bridgehead atoms. The average molecular weight is 170 g/mol. The lowest BCUT2D eigenvalue weighted by atomic mass is 9.91. The van der Waals surface area contributed by atoms with Crippen LogP contribution in [0.25, 0.3) is 0 Å². The number of hydrogen-bond acceptors (Lipinski definition) is 3. The molecule has 2 rings (SSSR count). The Bertz CT molecular complexity index is 143. The minimum atomic E-state index is 0.320. The zero-order valence-corrected chi connectivity index (χ0v) is 7.42. The van der Waals surface area contributed by atoms with Crippen LogP contribution in [0.3, 0.4) is 0 Å². The van der Waals surface area contributed by atoms with Crippen molar-refractivity contribution < 1.29 is 5.11 Å². The third-order valence-electron chi connectivity index (χ3n) is 2.85. The molecule has 2 aliphatic rings. The Hall–Kier alpha value is -0.120. The summed E-state index contributed by atoms with van der Waals surface area (Å²) in [5, 5.41) is 15.7. The van der Waals surface area contributed by atoms with Gasteiger partial charge in [0.1, 0.15) is 0 Å². The first-order valence-electron chi connectivity index (χ1n) is 4.98. The van der Waals surface area contributed by atoms with Crippen molar-refractivity contribution in [1.82, 2.24) is 10.6 Å². The van der Waals surface area contributed by atoms with Gasteiger partial charge in [-0.2, -0.15) is 0 Å². The first-order chi connectivity index (χ1) is 5.90. The molecule has 0 aromatic carbocycles. The van der Waals surface area contributed by atoms with Gasteiger partial charge in [-0.05, 0) is 25.2 Å². The number of aliphatic hydroxyl groups excluding tert-OH is 1. The molecule has 3 N–H and O–H groups in total. The van der Waals surface area contributed by atoms with Crippen molar-refractivity contribution in [2.45, 2.75) is 31.3 Å². The summed E-state index contributed by atoms with van der Waals surface area (Å²) >= 11 is 0. The van der Waals surface area contributed by atoms with Crippen LogP contribution in [0, 0.1) is 5.92 Å². The highest BCUT2D eigenvalue weighted by Gasteiger charge is 2.31. The number of nitrogens with one attached hydrogen (secondary N) is 2. The fraction of sp³-hybridized carbons (Fsp3) is 1.00. The van der Waals surface area contributed by atoms with E-state index in [0.29, 0.717) is 12.6 Å². The maximum Gasteiger partial charge on any atom is 0.0445 e. The van der Waals surface area contributed by atoms with Crippen LogP contribution in [0.2, 0.25) is 0 Å². The molecule has 2 fully saturated rings. The van der Waals surface area contributed by atoms with Gasteiger partial charge in [-0.15, -0.1) is 0 Å². The summed E-state index contributed by atoms with van der Waals surface area (Å²) in [4.78, 5) is 0. The molecule has 1 saturated carbocycles. The molecule has 1 atom stereocenters. The Balaban J connectivity index is 1.74. The van der Waals surface area contributed by atoms with Gasteiger partial charge in [-0.25, -0.2) is 0 Å². The fourth-order valence-electron chi connectivity index (χ4n) is 1.74. The third-order valence-corrected chi connectivity index (χ3v) is 2.85. The molecule has 3 nitrogen and oxygen atoms in total. The predicted molar refractivity (Wildman–Crippen MR) is 48.0 cm³/mol. The third kappa shape index (κ3) is 1.97. The molecule has 0 amide bonds. The predicted octanol–water partition coefficient (Wildman–Crippen LogP) is -0.291. The van der Waals surface area contributed by atoms with Gasteiger partial charge in [0.25, 0.3) is 0 Å². The molecular weight excluding hydrogens is 152 g/mol. The number of rotatable bonds is 5. The first-order valence-corrected chi connectivity index (χ1v) is 4.98. The van der Waals surface area contributed by atoms with E-state index in [0.717, 1.165) is 31.5 Å². The van der Waals surface area contributed by atoms with Crippen LogP contribution in [0.5, 0.6) is 0 Å². The zero-order chi connectivity index (χ0) is 8.39.